The number of carboxylic acid groups (broad SMARTS) is 2. The van der Waals surface area contributed by atoms with E-state index in [-0.39, 0.29) is 53.4 Å². The Morgan fingerprint density at radius 1 is 0.886 bits per heavy atom. The van der Waals surface area contributed by atoms with Gasteiger partial charge in [0.05, 0.1) is 22.5 Å². The van der Waals surface area contributed by atoms with Crippen LogP contribution >= 0.6 is 24.0 Å². The van der Waals surface area contributed by atoms with Crippen LogP contribution in [0.4, 0.5) is 30.4 Å². The number of unbranched alkanes of at least 4 members (excludes halogenated alkanes) is 3. The molecule has 5 aromatic heterocycles. The molecule has 2 aliphatic rings. The maximum atomic E-state index is 12.6. The predicted molar refractivity (Wildman–Crippen MR) is 305 cm³/mol. The number of benzene rings is 3. The van der Waals surface area contributed by atoms with E-state index in [0.29, 0.717) is 34.6 Å². The van der Waals surface area contributed by atoms with E-state index >= 15 is 0 Å². The van der Waals surface area contributed by atoms with Crippen LogP contribution in [0.15, 0.2) is 173 Å². The molecule has 404 valence electrons. The van der Waals surface area contributed by atoms with Crippen LogP contribution in [0.2, 0.25) is 0 Å². The Bertz CT molecular complexity index is 3530. The molecule has 0 radical (unpaired) electrons. The monoisotopic (exact) mass is 1190 g/mol. The van der Waals surface area contributed by atoms with E-state index in [1.54, 1.807) is 30.2 Å². The van der Waals surface area contributed by atoms with Crippen molar-refractivity contribution in [3.63, 3.8) is 0 Å². The van der Waals surface area contributed by atoms with E-state index in [0.717, 1.165) is 58.3 Å². The van der Waals surface area contributed by atoms with Gasteiger partial charge in [0.15, 0.2) is 0 Å². The topological polar surface area (TPSA) is 229 Å². The fourth-order valence-corrected chi connectivity index (χ4v) is 9.96. The molecule has 2 unspecified atom stereocenters. The number of nitrogens with zero attached hydrogens (tertiary/aromatic N) is 6. The molecule has 10 rings (SSSR count). The molecule has 5 N–H and O–H groups in total. The number of aromatic nitrogens is 3. The maximum absolute atomic E-state index is 12.6. The van der Waals surface area contributed by atoms with Gasteiger partial charge in [-0.1, -0.05) is 105 Å². The van der Waals surface area contributed by atoms with Crippen molar-refractivity contribution in [3.05, 3.63) is 214 Å². The summed E-state index contributed by atoms with van der Waals surface area (Å²) in [6, 6.07) is 34.2. The van der Waals surface area contributed by atoms with Crippen LogP contribution in [0.3, 0.4) is 0 Å². The molecular weight excluding hydrogens is 1140 g/mol. The summed E-state index contributed by atoms with van der Waals surface area (Å²) in [7, 11) is 0. The molecule has 0 spiro atoms. The Labute approximate surface area is 475 Å². The number of nitrogens with two attached hydrogens (primary N) is 1. The number of aromatic carboxylic acids is 2. The van der Waals surface area contributed by atoms with Crippen molar-refractivity contribution in [2.45, 2.75) is 63.7 Å². The zero-order valence-corrected chi connectivity index (χ0v) is 45.6. The SMILES string of the molecule is CCCCCCC1=C(c2ccnc(/C([NH-])=C/C(N)C(F)(F)F)c2)SCC1.O=C(O)c1ccnc(-c2cc(C(=O)O)cc(C3C=C(c4cc5cc6oc(N(c7ccccc7)c7ccccc7)cc6cc5o4)C=C[N-]3)n2)c1.[N-]=C=S.[Ru+2]. The third kappa shape index (κ3) is 14.8. The van der Waals surface area contributed by atoms with Gasteiger partial charge in [-0.15, -0.1) is 17.5 Å². The summed E-state index contributed by atoms with van der Waals surface area (Å²) in [6.07, 6.45) is 11.3. The van der Waals surface area contributed by atoms with Gasteiger partial charge < -0.3 is 41.2 Å². The third-order valence-corrected chi connectivity index (χ3v) is 13.7. The predicted octanol–water partition coefficient (Wildman–Crippen LogP) is 16.4. The van der Waals surface area contributed by atoms with Crippen LogP contribution in [-0.2, 0) is 19.5 Å². The first kappa shape index (κ1) is 58.7. The van der Waals surface area contributed by atoms with Crippen LogP contribution in [0.5, 0.6) is 0 Å². The molecule has 0 aliphatic carbocycles. The molecule has 14 nitrogen and oxygen atoms in total. The van der Waals surface area contributed by atoms with Gasteiger partial charge in [0.2, 0.25) is 5.88 Å². The van der Waals surface area contributed by atoms with Gasteiger partial charge in [0.1, 0.15) is 23.0 Å². The summed E-state index contributed by atoms with van der Waals surface area (Å²) in [5, 5.41) is 34.0. The number of nitrogens with one attached hydrogen (secondary N) is 1. The number of carbonyl (C=O) groups is 2. The van der Waals surface area contributed by atoms with E-state index in [9.17, 15) is 33.0 Å². The fourth-order valence-electron chi connectivity index (χ4n) is 8.70. The van der Waals surface area contributed by atoms with E-state index in [1.807, 2.05) is 103 Å². The maximum Gasteiger partial charge on any atom is 2.00 e. The Hall–Kier alpha value is -7.99. The molecule has 2 aliphatic heterocycles. The number of pyridine rings is 3. The number of para-hydroxylation sites is 2. The number of alkyl halides is 3. The smallest absolute Gasteiger partial charge is 0.753 e. The Kier molecular flexibility index (Phi) is 20.1. The Morgan fingerprint density at radius 2 is 1.53 bits per heavy atom. The number of fused-ring (bicyclic) bond motifs is 2. The fraction of sp³-hybridized carbons (Fsp3) is 0.186. The normalized spacial score (nSPS) is 14.4. The summed E-state index contributed by atoms with van der Waals surface area (Å²) in [5.41, 5.74) is 20.1. The third-order valence-electron chi connectivity index (χ3n) is 12.5. The average Bonchev–Trinajstić information content (AvgIpc) is 4.29. The molecule has 0 bridgehead atoms. The number of carboxylic acids is 2. The van der Waals surface area contributed by atoms with E-state index in [4.69, 9.17) is 25.7 Å². The Balaban J connectivity index is 0.000000255. The zero-order chi connectivity index (χ0) is 55.3. The van der Waals surface area contributed by atoms with Crippen molar-refractivity contribution in [2.24, 2.45) is 5.73 Å². The van der Waals surface area contributed by atoms with Gasteiger partial charge in [-0.3, -0.25) is 19.9 Å². The molecule has 8 aromatic rings. The largest absolute Gasteiger partial charge is 2.00 e. The minimum absolute atomic E-state index is 0. The minimum Gasteiger partial charge on any atom is -0.753 e. The van der Waals surface area contributed by atoms with Crippen LogP contribution < -0.4 is 10.6 Å². The van der Waals surface area contributed by atoms with Crippen molar-refractivity contribution >= 4 is 96.5 Å². The number of hydrogen-bond acceptors (Lipinski definition) is 11. The van der Waals surface area contributed by atoms with Gasteiger partial charge in [0.25, 0.3) is 0 Å². The van der Waals surface area contributed by atoms with E-state index in [2.05, 4.69) is 44.3 Å². The first-order valence-electron chi connectivity index (χ1n) is 24.6. The van der Waals surface area contributed by atoms with E-state index in [1.165, 1.54) is 65.4 Å². The van der Waals surface area contributed by atoms with Gasteiger partial charge >= 0.3 is 37.6 Å². The quantitative estimate of drug-likeness (QED) is 0.0354. The molecule has 0 fully saturated rings. The van der Waals surface area contributed by atoms with Crippen LogP contribution in [0.25, 0.3) is 66.0 Å². The average molecular weight is 1190 g/mol. The number of furan rings is 2. The van der Waals surface area contributed by atoms with Crippen molar-refractivity contribution in [1.29, 1.82) is 0 Å². The van der Waals surface area contributed by atoms with Gasteiger partial charge in [-0.2, -0.15) is 24.5 Å². The van der Waals surface area contributed by atoms with Gasteiger partial charge in [0, 0.05) is 68.2 Å². The number of halogens is 3. The van der Waals surface area contributed by atoms with Crippen molar-refractivity contribution in [1.82, 2.24) is 15.0 Å². The molecule has 3 aromatic carbocycles. The Morgan fingerprint density at radius 3 is 2.19 bits per heavy atom. The van der Waals surface area contributed by atoms with Crippen LogP contribution in [-0.4, -0.2) is 60.2 Å². The first-order chi connectivity index (χ1) is 37.6. The summed E-state index contributed by atoms with van der Waals surface area (Å²) in [6.45, 7) is 2.19. The first-order valence-corrected chi connectivity index (χ1v) is 26.0. The second kappa shape index (κ2) is 27.1. The van der Waals surface area contributed by atoms with Crippen molar-refractivity contribution < 1.29 is 61.3 Å². The molecule has 79 heavy (non-hydrogen) atoms. The molecule has 0 saturated heterocycles. The number of rotatable bonds is 16. The van der Waals surface area contributed by atoms with Crippen molar-refractivity contribution in [2.75, 3.05) is 10.7 Å². The number of allylic oxidation sites excluding steroid dienone is 3. The summed E-state index contributed by atoms with van der Waals surface area (Å²) in [5.74, 6) is 0.00938. The number of thiocarbonyl (C=S) groups is 1. The summed E-state index contributed by atoms with van der Waals surface area (Å²) in [4.78, 5) is 39.7. The van der Waals surface area contributed by atoms with Crippen LogP contribution in [0, 0.1) is 0 Å². The molecule has 7 heterocycles. The minimum atomic E-state index is -4.56. The molecule has 2 atom stereocenters. The zero-order valence-electron chi connectivity index (χ0n) is 42.2. The van der Waals surface area contributed by atoms with Gasteiger partial charge in [-0.05, 0) is 104 Å². The second-order valence-corrected chi connectivity index (χ2v) is 19.2. The number of isothiocyanates is 1. The second-order valence-electron chi connectivity index (χ2n) is 17.9. The summed E-state index contributed by atoms with van der Waals surface area (Å²) >= 11 is 5.47. The molecular formula is C59H50F3N8O6RuS2-. The standard InChI is InChI=1S/C39H25N4O6.C19H25F3N3S.CNS.Ru/c44-38(45)24-12-14-41-31(16-24)33-18-27(39(46)47)17-32(42-33)30-15-23(11-13-40-30)34-19-25-20-36-26(21-35(25)48-34)22-37(49-36)43(28-7-3-1-4-8-28)29-9-5-2-6-10-29;1-2-3-4-5-6-13-8-10-26-18(13)14-7-9-25-16(11-14)15(23)12-17(24)19(20,21)22;2-1-3;/h1-22,30H,(H,44,45)(H,46,47);7,9,11-12,17,23H,2-6,8,10,24H2,1H3;;/q3*-1;+2/b;15-12-;;. The number of anilines is 3. The van der Waals surface area contributed by atoms with Gasteiger partial charge in [-0.25, -0.2) is 9.59 Å². The number of thioether (sulfide) groups is 1. The molecule has 20 heteroatoms. The van der Waals surface area contributed by atoms with Crippen LogP contribution in [0.1, 0.15) is 94.9 Å². The molecule has 0 amide bonds. The number of hydrogen-bond donors (Lipinski definition) is 3. The van der Waals surface area contributed by atoms with E-state index < -0.39 is 30.2 Å². The van der Waals surface area contributed by atoms with Crippen molar-refractivity contribution in [3.8, 4) is 11.4 Å². The summed E-state index contributed by atoms with van der Waals surface area (Å²) < 4.78 is 50.5. The molecule has 0 saturated carbocycles.